The number of aromatic hydroxyl groups is 1. The fraction of sp³-hybridized carbons (Fsp3) is 0.263. The van der Waals surface area contributed by atoms with E-state index >= 15 is 0 Å². The molecule has 2 N–H and O–H groups in total. The fourth-order valence-corrected chi connectivity index (χ4v) is 4.82. The monoisotopic (exact) mass is 340 g/mol. The molecule has 0 amide bonds. The summed E-state index contributed by atoms with van der Waals surface area (Å²) in [7, 11) is 0. The lowest BCUT2D eigenvalue weighted by Crippen LogP contribution is -2.07. The highest BCUT2D eigenvalue weighted by atomic mass is 32.2. The van der Waals surface area contributed by atoms with E-state index in [2.05, 4.69) is 6.08 Å². The zero-order valence-electron chi connectivity index (χ0n) is 13.1. The number of fused-ring (bicyclic) bond motifs is 4. The number of aliphatic carboxylic acids is 1. The highest BCUT2D eigenvalue weighted by Gasteiger charge is 2.36. The van der Waals surface area contributed by atoms with Crippen LogP contribution in [0.25, 0.3) is 5.57 Å². The normalized spacial score (nSPS) is 21.8. The molecule has 3 aliphatic rings. The van der Waals surface area contributed by atoms with Crippen LogP contribution in [-0.2, 0) is 11.2 Å². The van der Waals surface area contributed by atoms with E-state index < -0.39 is 5.97 Å². The van der Waals surface area contributed by atoms with Gasteiger partial charge in [0.2, 0.25) is 0 Å². The third-order valence-electron chi connectivity index (χ3n) is 4.75. The highest BCUT2D eigenvalue weighted by molar-refractivity contribution is 8.03. The predicted molar refractivity (Wildman–Crippen MR) is 92.2 cm³/mol. The third kappa shape index (κ3) is 2.15. The fourth-order valence-electron chi connectivity index (χ4n) is 3.53. The molecule has 0 radical (unpaired) electrons. The van der Waals surface area contributed by atoms with Gasteiger partial charge in [-0.2, -0.15) is 0 Å². The van der Waals surface area contributed by atoms with Crippen LogP contribution in [0, 0.1) is 5.92 Å². The minimum Gasteiger partial charge on any atom is -0.508 e. The lowest BCUT2D eigenvalue weighted by Gasteiger charge is -2.15. The molecule has 1 atom stereocenters. The van der Waals surface area contributed by atoms with Crippen LogP contribution >= 0.6 is 11.8 Å². The number of allylic oxidation sites excluding steroid dienone is 4. The maximum absolute atomic E-state index is 12.6. The summed E-state index contributed by atoms with van der Waals surface area (Å²) in [6.45, 7) is 1.84. The van der Waals surface area contributed by atoms with Crippen molar-refractivity contribution in [3.05, 3.63) is 51.5 Å². The molecule has 0 saturated heterocycles. The maximum Gasteiger partial charge on any atom is 0.336 e. The van der Waals surface area contributed by atoms with Gasteiger partial charge >= 0.3 is 5.97 Å². The van der Waals surface area contributed by atoms with Gasteiger partial charge in [0.05, 0.1) is 5.57 Å². The number of hydrogen-bond acceptors (Lipinski definition) is 4. The van der Waals surface area contributed by atoms with Gasteiger partial charge in [-0.25, -0.2) is 4.79 Å². The number of hydrogen-bond donors (Lipinski definition) is 2. The van der Waals surface area contributed by atoms with Gasteiger partial charge < -0.3 is 10.2 Å². The number of carboxylic acids is 1. The molecule has 1 aromatic rings. The number of rotatable bonds is 1. The molecule has 0 spiro atoms. The molecule has 122 valence electrons. The van der Waals surface area contributed by atoms with E-state index in [1.165, 1.54) is 17.8 Å². The molecule has 1 aromatic carbocycles. The largest absolute Gasteiger partial charge is 0.508 e. The van der Waals surface area contributed by atoms with Crippen LogP contribution in [0.4, 0.5) is 0 Å². The summed E-state index contributed by atoms with van der Waals surface area (Å²) in [6, 6.07) is 1.50. The maximum atomic E-state index is 12.6. The Balaban J connectivity index is 2.04. The number of phenolic OH excluding ortho intramolecular Hbond substituents is 1. The number of benzene rings is 1. The van der Waals surface area contributed by atoms with Crippen LogP contribution in [0.3, 0.4) is 0 Å². The first kappa shape index (κ1) is 15.3. The van der Waals surface area contributed by atoms with E-state index in [-0.39, 0.29) is 23.0 Å². The van der Waals surface area contributed by atoms with Crippen LogP contribution in [0.15, 0.2) is 39.7 Å². The first-order valence-corrected chi connectivity index (χ1v) is 8.76. The van der Waals surface area contributed by atoms with Crippen molar-refractivity contribution in [2.45, 2.75) is 31.1 Å². The number of carboxylic acid groups (broad SMARTS) is 1. The standard InChI is InChI=1S/C19H16O4S/c1-9-6-13-14(20)8-11-12(19(22)23)7-10-4-2-3-5-15(10)24-18(11)16(13)17(9)21/h4-5,7-9,20H,2-3,6H2,1H3,(H,22,23). The number of thioether (sulfide) groups is 1. The Kier molecular flexibility index (Phi) is 3.42. The van der Waals surface area contributed by atoms with Gasteiger partial charge in [-0.1, -0.05) is 30.8 Å². The smallest absolute Gasteiger partial charge is 0.336 e. The Hall–Kier alpha value is -2.27. The van der Waals surface area contributed by atoms with Crippen molar-refractivity contribution in [3.63, 3.8) is 0 Å². The summed E-state index contributed by atoms with van der Waals surface area (Å²) in [5, 5.41) is 20.0. The van der Waals surface area contributed by atoms with Crippen LogP contribution < -0.4 is 0 Å². The molecular weight excluding hydrogens is 324 g/mol. The molecule has 0 aromatic heterocycles. The van der Waals surface area contributed by atoms with Crippen molar-refractivity contribution in [1.82, 2.24) is 0 Å². The summed E-state index contributed by atoms with van der Waals surface area (Å²) in [6.07, 6.45) is 8.05. The predicted octanol–water partition coefficient (Wildman–Crippen LogP) is 3.94. The summed E-state index contributed by atoms with van der Waals surface area (Å²) in [5.74, 6) is -1.24. The van der Waals surface area contributed by atoms with E-state index in [1.54, 1.807) is 6.08 Å². The van der Waals surface area contributed by atoms with Crippen molar-refractivity contribution in [3.8, 4) is 5.75 Å². The first-order valence-electron chi connectivity index (χ1n) is 7.94. The van der Waals surface area contributed by atoms with Crippen molar-refractivity contribution < 1.29 is 19.8 Å². The van der Waals surface area contributed by atoms with Crippen molar-refractivity contribution in [2.75, 3.05) is 0 Å². The number of carbonyl (C=O) groups excluding carboxylic acids is 1. The molecule has 1 heterocycles. The molecule has 0 saturated carbocycles. The van der Waals surface area contributed by atoms with Gasteiger partial charge in [0, 0.05) is 32.4 Å². The molecule has 1 unspecified atom stereocenters. The van der Waals surface area contributed by atoms with Crippen molar-refractivity contribution in [2.24, 2.45) is 5.92 Å². The summed E-state index contributed by atoms with van der Waals surface area (Å²) in [5.41, 5.74) is 2.59. The zero-order chi connectivity index (χ0) is 17.0. The minimum atomic E-state index is -1.05. The van der Waals surface area contributed by atoms with Crippen molar-refractivity contribution in [1.29, 1.82) is 0 Å². The Bertz CT molecular complexity index is 889. The van der Waals surface area contributed by atoms with Gasteiger partial charge in [0.1, 0.15) is 5.75 Å². The Morgan fingerprint density at radius 2 is 2.04 bits per heavy atom. The zero-order valence-corrected chi connectivity index (χ0v) is 13.9. The average molecular weight is 340 g/mol. The van der Waals surface area contributed by atoms with Crippen LogP contribution in [0.2, 0.25) is 0 Å². The van der Waals surface area contributed by atoms with Gasteiger partial charge in [-0.15, -0.1) is 0 Å². The quantitative estimate of drug-likeness (QED) is 0.810. The third-order valence-corrected chi connectivity index (χ3v) is 6.00. The van der Waals surface area contributed by atoms with E-state index in [0.717, 1.165) is 23.3 Å². The molecule has 2 aliphatic carbocycles. The number of phenols is 1. The van der Waals surface area contributed by atoms with Crippen LogP contribution in [-0.4, -0.2) is 22.0 Å². The Morgan fingerprint density at radius 3 is 2.79 bits per heavy atom. The topological polar surface area (TPSA) is 74.6 Å². The minimum absolute atomic E-state index is 0.0155. The van der Waals surface area contributed by atoms with Gasteiger partial charge in [-0.05, 0) is 37.0 Å². The molecular formula is C19H16O4S. The van der Waals surface area contributed by atoms with E-state index in [1.807, 2.05) is 13.0 Å². The molecule has 4 nitrogen and oxygen atoms in total. The second-order valence-corrected chi connectivity index (χ2v) is 7.42. The first-order chi connectivity index (χ1) is 11.5. The SMILES string of the molecule is CC1Cc2c(O)cc3c(c2C1=O)SC1=CCCC=C1C=C3C(=O)O. The molecule has 1 aliphatic heterocycles. The second kappa shape index (κ2) is 5.38. The lowest BCUT2D eigenvalue weighted by molar-refractivity contribution is -0.130. The highest BCUT2D eigenvalue weighted by Crippen LogP contribution is 2.49. The number of carbonyl (C=O) groups is 2. The van der Waals surface area contributed by atoms with Gasteiger partial charge in [-0.3, -0.25) is 4.79 Å². The average Bonchev–Trinajstić information content (AvgIpc) is 2.76. The van der Waals surface area contributed by atoms with Crippen LogP contribution in [0.5, 0.6) is 5.75 Å². The van der Waals surface area contributed by atoms with E-state index in [4.69, 9.17) is 0 Å². The summed E-state index contributed by atoms with van der Waals surface area (Å²) in [4.78, 5) is 26.1. The van der Waals surface area contributed by atoms with Gasteiger partial charge in [0.15, 0.2) is 5.78 Å². The molecule has 5 heteroatoms. The summed E-state index contributed by atoms with van der Waals surface area (Å²) >= 11 is 1.45. The van der Waals surface area contributed by atoms with Crippen molar-refractivity contribution >= 4 is 29.1 Å². The molecule has 0 fully saturated rings. The Morgan fingerprint density at radius 1 is 1.29 bits per heavy atom. The van der Waals surface area contributed by atoms with Crippen LogP contribution in [0.1, 0.15) is 41.3 Å². The molecule has 4 rings (SSSR count). The van der Waals surface area contributed by atoms with E-state index in [0.29, 0.717) is 28.0 Å². The lowest BCUT2D eigenvalue weighted by atomic mass is 9.96. The molecule has 0 bridgehead atoms. The molecule has 24 heavy (non-hydrogen) atoms. The Labute approximate surface area is 143 Å². The number of ketones is 1. The second-order valence-electron chi connectivity index (χ2n) is 6.37. The summed E-state index contributed by atoms with van der Waals surface area (Å²) < 4.78 is 0. The van der Waals surface area contributed by atoms with E-state index in [9.17, 15) is 19.8 Å². The number of Topliss-reactive ketones (excluding diaryl/α,β-unsaturated/α-hetero) is 1. The van der Waals surface area contributed by atoms with Gasteiger partial charge in [0.25, 0.3) is 0 Å².